The fourth-order valence-electron chi connectivity index (χ4n) is 2.61. The highest BCUT2D eigenvalue weighted by Gasteiger charge is 2.23. The molecule has 6 heteroatoms. The van der Waals surface area contributed by atoms with Crippen molar-refractivity contribution in [1.29, 1.82) is 0 Å². The maximum absolute atomic E-state index is 13.8. The summed E-state index contributed by atoms with van der Waals surface area (Å²) in [6.45, 7) is 1.97. The summed E-state index contributed by atoms with van der Waals surface area (Å²) in [6.07, 6.45) is 0. The molecule has 0 saturated carbocycles. The van der Waals surface area contributed by atoms with Crippen LogP contribution in [0.5, 0.6) is 0 Å². The van der Waals surface area contributed by atoms with Crippen LogP contribution in [0.25, 0.3) is 0 Å². The van der Waals surface area contributed by atoms with Crippen LogP contribution in [0, 0.1) is 11.6 Å². The smallest absolute Gasteiger partial charge is 0.321 e. The van der Waals surface area contributed by atoms with Gasteiger partial charge in [0.15, 0.2) is 0 Å². The van der Waals surface area contributed by atoms with Crippen LogP contribution in [0.3, 0.4) is 0 Å². The normalized spacial score (nSPS) is 14.7. The average Bonchev–Trinajstić information content (AvgIpc) is 2.56. The van der Waals surface area contributed by atoms with Gasteiger partial charge >= 0.3 is 6.03 Å². The molecular formula is C17H17F2N3O. The summed E-state index contributed by atoms with van der Waals surface area (Å²) in [5.41, 5.74) is 1.11. The molecule has 1 fully saturated rings. The molecule has 0 aliphatic carbocycles. The number of benzene rings is 2. The number of carbonyl (C=O) groups excluding carboxylic acids is 1. The summed E-state index contributed by atoms with van der Waals surface area (Å²) in [4.78, 5) is 15.7. The Morgan fingerprint density at radius 2 is 1.65 bits per heavy atom. The standard InChI is InChI=1S/C17H17F2N3O/c18-13-6-7-16(15(19)12-13)21-8-10-22(11-9-21)17(23)20-14-4-2-1-3-5-14/h1-7,12H,8-11H2,(H,20,23). The number of halogens is 2. The van der Waals surface area contributed by atoms with E-state index in [9.17, 15) is 13.6 Å². The summed E-state index contributed by atoms with van der Waals surface area (Å²) in [6, 6.07) is 12.6. The van der Waals surface area contributed by atoms with Gasteiger partial charge in [0.2, 0.25) is 0 Å². The maximum Gasteiger partial charge on any atom is 0.321 e. The van der Waals surface area contributed by atoms with Crippen LogP contribution in [0.15, 0.2) is 48.5 Å². The molecule has 0 unspecified atom stereocenters. The first-order chi connectivity index (χ1) is 11.1. The fourth-order valence-corrected chi connectivity index (χ4v) is 2.61. The van der Waals surface area contributed by atoms with Crippen LogP contribution in [0.1, 0.15) is 0 Å². The molecule has 1 aliphatic rings. The first-order valence-corrected chi connectivity index (χ1v) is 7.44. The highest BCUT2D eigenvalue weighted by atomic mass is 19.1. The molecule has 0 aromatic heterocycles. The van der Waals surface area contributed by atoms with Crippen LogP contribution in [-0.2, 0) is 0 Å². The van der Waals surface area contributed by atoms with Crippen LogP contribution in [-0.4, -0.2) is 37.1 Å². The first kappa shape index (κ1) is 15.3. The number of para-hydroxylation sites is 1. The Labute approximate surface area is 133 Å². The Morgan fingerprint density at radius 3 is 2.30 bits per heavy atom. The molecule has 1 saturated heterocycles. The average molecular weight is 317 g/mol. The van der Waals surface area contributed by atoms with Gasteiger partial charge in [-0.3, -0.25) is 0 Å². The summed E-state index contributed by atoms with van der Waals surface area (Å²) in [5, 5.41) is 2.83. The minimum atomic E-state index is -0.591. The Kier molecular flexibility index (Phi) is 4.41. The van der Waals surface area contributed by atoms with Crippen molar-refractivity contribution in [2.45, 2.75) is 0 Å². The number of hydrogen-bond donors (Lipinski definition) is 1. The Hall–Kier alpha value is -2.63. The van der Waals surface area contributed by atoms with E-state index in [4.69, 9.17) is 0 Å². The molecule has 0 spiro atoms. The van der Waals surface area contributed by atoms with E-state index in [-0.39, 0.29) is 6.03 Å². The van der Waals surface area contributed by atoms with E-state index in [0.29, 0.717) is 31.9 Å². The maximum atomic E-state index is 13.8. The number of carbonyl (C=O) groups is 1. The number of piperazine rings is 1. The van der Waals surface area contributed by atoms with Crippen molar-refractivity contribution in [3.8, 4) is 0 Å². The summed E-state index contributed by atoms with van der Waals surface area (Å²) in [7, 11) is 0. The largest absolute Gasteiger partial charge is 0.366 e. The van der Waals surface area contributed by atoms with Gasteiger partial charge in [-0.2, -0.15) is 0 Å². The van der Waals surface area contributed by atoms with Gasteiger partial charge in [0.1, 0.15) is 11.6 Å². The van der Waals surface area contributed by atoms with Gasteiger partial charge in [0.25, 0.3) is 0 Å². The monoisotopic (exact) mass is 317 g/mol. The highest BCUT2D eigenvalue weighted by molar-refractivity contribution is 5.89. The number of amides is 2. The third-order valence-corrected chi connectivity index (χ3v) is 3.84. The molecule has 3 rings (SSSR count). The number of rotatable bonds is 2. The molecule has 0 radical (unpaired) electrons. The molecule has 2 aromatic carbocycles. The summed E-state index contributed by atoms with van der Waals surface area (Å²) >= 11 is 0. The van der Waals surface area contributed by atoms with E-state index in [1.54, 1.807) is 4.90 Å². The van der Waals surface area contributed by atoms with Gasteiger partial charge in [0.05, 0.1) is 5.69 Å². The topological polar surface area (TPSA) is 35.6 Å². The van der Waals surface area contributed by atoms with E-state index in [0.717, 1.165) is 11.8 Å². The molecule has 1 N–H and O–H groups in total. The quantitative estimate of drug-likeness (QED) is 0.922. The van der Waals surface area contributed by atoms with Crippen LogP contribution >= 0.6 is 0 Å². The fraction of sp³-hybridized carbons (Fsp3) is 0.235. The number of hydrogen-bond acceptors (Lipinski definition) is 2. The van der Waals surface area contributed by atoms with Gasteiger partial charge in [0, 0.05) is 37.9 Å². The van der Waals surface area contributed by atoms with Crippen molar-refractivity contribution in [3.05, 3.63) is 60.2 Å². The van der Waals surface area contributed by atoms with Gasteiger partial charge in [-0.15, -0.1) is 0 Å². The lowest BCUT2D eigenvalue weighted by Gasteiger charge is -2.36. The van der Waals surface area contributed by atoms with Crippen LogP contribution < -0.4 is 10.2 Å². The number of nitrogens with one attached hydrogen (secondary N) is 1. The molecule has 0 atom stereocenters. The summed E-state index contributed by atoms with van der Waals surface area (Å²) in [5.74, 6) is -1.17. The number of urea groups is 1. The molecule has 2 amide bonds. The molecule has 0 bridgehead atoms. The Morgan fingerprint density at radius 1 is 0.957 bits per heavy atom. The second-order valence-corrected chi connectivity index (χ2v) is 5.37. The van der Waals surface area contributed by atoms with Crippen molar-refractivity contribution >= 4 is 17.4 Å². The minimum absolute atomic E-state index is 0.171. The number of nitrogens with zero attached hydrogens (tertiary/aromatic N) is 2. The van der Waals surface area contributed by atoms with Crippen LogP contribution in [0.2, 0.25) is 0 Å². The van der Waals surface area contributed by atoms with E-state index in [1.165, 1.54) is 12.1 Å². The van der Waals surface area contributed by atoms with Gasteiger partial charge in [-0.25, -0.2) is 13.6 Å². The lowest BCUT2D eigenvalue weighted by Crippen LogP contribution is -2.50. The Balaban J connectivity index is 1.59. The zero-order valence-electron chi connectivity index (χ0n) is 12.5. The van der Waals surface area contributed by atoms with E-state index in [2.05, 4.69) is 5.32 Å². The first-order valence-electron chi connectivity index (χ1n) is 7.44. The van der Waals surface area contributed by atoms with E-state index >= 15 is 0 Å². The van der Waals surface area contributed by atoms with Crippen molar-refractivity contribution in [2.75, 3.05) is 36.4 Å². The molecular weight excluding hydrogens is 300 g/mol. The molecule has 120 valence electrons. The van der Waals surface area contributed by atoms with E-state index < -0.39 is 11.6 Å². The third kappa shape index (κ3) is 3.59. The summed E-state index contributed by atoms with van der Waals surface area (Å²) < 4.78 is 26.8. The van der Waals surface area contributed by atoms with Gasteiger partial charge in [-0.05, 0) is 24.3 Å². The van der Waals surface area contributed by atoms with Crippen molar-refractivity contribution in [1.82, 2.24) is 4.90 Å². The zero-order valence-corrected chi connectivity index (χ0v) is 12.5. The predicted octanol–water partition coefficient (Wildman–Crippen LogP) is 3.32. The Bertz CT molecular complexity index is 685. The SMILES string of the molecule is O=C(Nc1ccccc1)N1CCN(c2ccc(F)cc2F)CC1. The predicted molar refractivity (Wildman–Crippen MR) is 85.6 cm³/mol. The highest BCUT2D eigenvalue weighted by Crippen LogP contribution is 2.21. The molecule has 2 aromatic rings. The van der Waals surface area contributed by atoms with Gasteiger partial charge < -0.3 is 15.1 Å². The zero-order chi connectivity index (χ0) is 16.2. The molecule has 4 nitrogen and oxygen atoms in total. The lowest BCUT2D eigenvalue weighted by molar-refractivity contribution is 0.208. The van der Waals surface area contributed by atoms with E-state index in [1.807, 2.05) is 35.2 Å². The second-order valence-electron chi connectivity index (χ2n) is 5.37. The van der Waals surface area contributed by atoms with Crippen molar-refractivity contribution < 1.29 is 13.6 Å². The molecule has 1 aliphatic heterocycles. The van der Waals surface area contributed by atoms with Gasteiger partial charge in [-0.1, -0.05) is 18.2 Å². The lowest BCUT2D eigenvalue weighted by atomic mass is 10.2. The second kappa shape index (κ2) is 6.64. The van der Waals surface area contributed by atoms with Crippen molar-refractivity contribution in [2.24, 2.45) is 0 Å². The molecule has 1 heterocycles. The third-order valence-electron chi connectivity index (χ3n) is 3.84. The van der Waals surface area contributed by atoms with Crippen LogP contribution in [0.4, 0.5) is 25.0 Å². The molecule has 23 heavy (non-hydrogen) atoms. The van der Waals surface area contributed by atoms with Crippen molar-refractivity contribution in [3.63, 3.8) is 0 Å². The number of anilines is 2. The minimum Gasteiger partial charge on any atom is -0.366 e.